The summed E-state index contributed by atoms with van der Waals surface area (Å²) in [7, 11) is -4.94. The van der Waals surface area contributed by atoms with Crippen LogP contribution in [0.5, 0.6) is 0 Å². The molecule has 0 aliphatic heterocycles. The Morgan fingerprint density at radius 2 is 1.06 bits per heavy atom. The van der Waals surface area contributed by atoms with Crippen LogP contribution in [0.3, 0.4) is 0 Å². The van der Waals surface area contributed by atoms with E-state index in [4.69, 9.17) is 18.6 Å². The highest BCUT2D eigenvalue weighted by Crippen LogP contribution is 2.24. The fourth-order valence-electron chi connectivity index (χ4n) is 3.38. The lowest BCUT2D eigenvalue weighted by Crippen LogP contribution is -2.68. The van der Waals surface area contributed by atoms with Gasteiger partial charge in [0.15, 0.2) is 6.54 Å². The zero-order chi connectivity index (χ0) is 23.8. The summed E-state index contributed by atoms with van der Waals surface area (Å²) >= 11 is 0. The van der Waals surface area contributed by atoms with Crippen LogP contribution in [0.1, 0.15) is 15.9 Å². The standard InChI is InChI=1S/C25H19NO2.ClHO4/c27-25(28)22-16-23(20-12-6-2-7-13-20)26(18-19-10-4-1-5-11-19)24(17-22)21-14-8-3-9-15-21;2-1(3,4)5/h1-17H,18H2;(H,2,3,4,5). The smallest absolute Gasteiger partial charge is 0.336 e. The van der Waals surface area contributed by atoms with E-state index in [1.165, 1.54) is 0 Å². The average molecular weight is 466 g/mol. The summed E-state index contributed by atoms with van der Waals surface area (Å²) in [5.41, 5.74) is 5.16. The van der Waals surface area contributed by atoms with Crippen LogP contribution in [0.25, 0.3) is 22.5 Å². The van der Waals surface area contributed by atoms with Crippen molar-refractivity contribution < 1.29 is 43.3 Å². The Morgan fingerprint density at radius 3 is 1.42 bits per heavy atom. The topological polar surface area (TPSA) is 133 Å². The third kappa shape index (κ3) is 7.21. The van der Waals surface area contributed by atoms with Crippen molar-refractivity contribution in [3.8, 4) is 22.5 Å². The first-order chi connectivity index (χ1) is 15.7. The van der Waals surface area contributed by atoms with Gasteiger partial charge >= 0.3 is 5.97 Å². The van der Waals surface area contributed by atoms with Gasteiger partial charge in [-0.1, -0.05) is 66.7 Å². The van der Waals surface area contributed by atoms with Crippen molar-refractivity contribution in [1.29, 1.82) is 0 Å². The number of carboxylic acids is 1. The molecule has 33 heavy (non-hydrogen) atoms. The number of benzene rings is 3. The summed E-state index contributed by atoms with van der Waals surface area (Å²) < 4.78 is 36.2. The highest BCUT2D eigenvalue weighted by molar-refractivity contribution is 5.90. The molecule has 4 rings (SSSR count). The Balaban J connectivity index is 0.000000555. The number of rotatable bonds is 5. The fraction of sp³-hybridized carbons (Fsp3) is 0.0400. The number of carbonyl (C=O) groups is 1. The Kier molecular flexibility index (Phi) is 7.89. The molecule has 0 radical (unpaired) electrons. The third-order valence-electron chi connectivity index (χ3n) is 4.74. The summed E-state index contributed by atoms with van der Waals surface area (Å²) in [6.07, 6.45) is 0. The first-order valence-corrected chi connectivity index (χ1v) is 11.0. The molecule has 0 saturated carbocycles. The van der Waals surface area contributed by atoms with E-state index in [0.29, 0.717) is 6.54 Å². The number of hydrogen-bond donors (Lipinski definition) is 1. The molecule has 7 nitrogen and oxygen atoms in total. The first kappa shape index (κ1) is 24.1. The Bertz CT molecular complexity index is 1130. The van der Waals surface area contributed by atoms with E-state index < -0.39 is 16.2 Å². The Morgan fingerprint density at radius 1 is 0.697 bits per heavy atom. The number of carboxylic acid groups (broad SMARTS) is 1. The monoisotopic (exact) mass is 465 g/mol. The predicted molar refractivity (Wildman–Crippen MR) is 110 cm³/mol. The summed E-state index contributed by atoms with van der Waals surface area (Å²) in [4.78, 5) is 11.8. The lowest BCUT2D eigenvalue weighted by molar-refractivity contribution is -2.00. The molecule has 0 bridgehead atoms. The molecule has 1 N–H and O–H groups in total. The predicted octanol–water partition coefficient (Wildman–Crippen LogP) is 0.299. The highest BCUT2D eigenvalue weighted by atomic mass is 35.7. The molecular formula is C25H20ClNO6. The van der Waals surface area contributed by atoms with Crippen molar-refractivity contribution in [2.24, 2.45) is 0 Å². The van der Waals surface area contributed by atoms with Crippen molar-refractivity contribution in [3.63, 3.8) is 0 Å². The van der Waals surface area contributed by atoms with Gasteiger partial charge in [-0.3, -0.25) is 0 Å². The Labute approximate surface area is 192 Å². The van der Waals surface area contributed by atoms with Crippen LogP contribution in [0.15, 0.2) is 103 Å². The second kappa shape index (κ2) is 10.8. The number of pyridine rings is 1. The molecule has 168 valence electrons. The molecule has 0 aliphatic carbocycles. The third-order valence-corrected chi connectivity index (χ3v) is 4.74. The number of halogens is 1. The van der Waals surface area contributed by atoms with E-state index in [0.717, 1.165) is 28.1 Å². The van der Waals surface area contributed by atoms with Crippen LogP contribution in [0, 0.1) is 10.2 Å². The molecule has 1 aromatic heterocycles. The number of aromatic carboxylic acids is 1. The SMILES string of the molecule is O=C(O)c1cc(-c2ccccc2)[n+](Cc2ccccc2)c(-c2ccccc2)c1.[O-][Cl+3]([O-])([O-])[O-]. The van der Waals surface area contributed by atoms with Gasteiger partial charge in [-0.25, -0.2) is 23.4 Å². The van der Waals surface area contributed by atoms with Crippen LogP contribution >= 0.6 is 0 Å². The van der Waals surface area contributed by atoms with Gasteiger partial charge in [0.05, 0.1) is 5.56 Å². The number of aromatic nitrogens is 1. The molecule has 0 fully saturated rings. The second-order valence-electron chi connectivity index (χ2n) is 7.00. The summed E-state index contributed by atoms with van der Waals surface area (Å²) in [6.45, 7) is 0.648. The van der Waals surface area contributed by atoms with Crippen molar-refractivity contribution >= 4 is 5.97 Å². The van der Waals surface area contributed by atoms with E-state index in [9.17, 15) is 9.90 Å². The second-order valence-corrected chi connectivity index (χ2v) is 7.76. The normalized spacial score (nSPS) is 10.8. The fourth-order valence-corrected chi connectivity index (χ4v) is 3.38. The summed E-state index contributed by atoms with van der Waals surface area (Å²) in [5.74, 6) is -0.929. The molecule has 0 unspecified atom stereocenters. The van der Waals surface area contributed by atoms with Crippen molar-refractivity contribution in [3.05, 3.63) is 114 Å². The molecule has 0 atom stereocenters. The molecule has 8 heteroatoms. The lowest BCUT2D eigenvalue weighted by atomic mass is 10.0. The van der Waals surface area contributed by atoms with Gasteiger partial charge < -0.3 is 5.11 Å². The molecule has 0 saturated heterocycles. The van der Waals surface area contributed by atoms with Gasteiger partial charge in [0.1, 0.15) is 0 Å². The van der Waals surface area contributed by atoms with E-state index in [1.807, 2.05) is 78.9 Å². The molecule has 0 spiro atoms. The van der Waals surface area contributed by atoms with Gasteiger partial charge in [0, 0.05) is 28.8 Å². The Hall–Kier alpha value is -3.59. The van der Waals surface area contributed by atoms with Crippen LogP contribution in [0.2, 0.25) is 0 Å². The first-order valence-electron chi connectivity index (χ1n) is 9.80. The maximum absolute atomic E-state index is 11.8. The molecule has 0 aliphatic rings. The molecule has 4 aromatic rings. The summed E-state index contributed by atoms with van der Waals surface area (Å²) in [5, 5.41) is 9.70. The van der Waals surface area contributed by atoms with Gasteiger partial charge in [0.25, 0.3) is 0 Å². The van der Waals surface area contributed by atoms with E-state index in [1.54, 1.807) is 12.1 Å². The number of hydrogen-bond acceptors (Lipinski definition) is 5. The van der Waals surface area contributed by atoms with E-state index in [2.05, 4.69) is 16.7 Å². The number of nitrogens with zero attached hydrogens (tertiary/aromatic N) is 1. The van der Waals surface area contributed by atoms with Crippen LogP contribution in [-0.4, -0.2) is 11.1 Å². The van der Waals surface area contributed by atoms with E-state index >= 15 is 0 Å². The lowest BCUT2D eigenvalue weighted by Gasteiger charge is -2.17. The van der Waals surface area contributed by atoms with Gasteiger partial charge in [-0.2, -0.15) is 4.57 Å². The zero-order valence-electron chi connectivity index (χ0n) is 17.3. The largest absolute Gasteiger partial charge is 0.478 e. The zero-order valence-corrected chi connectivity index (χ0v) is 18.1. The van der Waals surface area contributed by atoms with Crippen LogP contribution in [0.4, 0.5) is 0 Å². The quantitative estimate of drug-likeness (QED) is 0.421. The van der Waals surface area contributed by atoms with Gasteiger partial charge in [0.2, 0.25) is 11.4 Å². The average Bonchev–Trinajstić information content (AvgIpc) is 2.80. The molecular weight excluding hydrogens is 446 g/mol. The van der Waals surface area contributed by atoms with E-state index in [-0.39, 0.29) is 5.56 Å². The molecule has 0 amide bonds. The minimum absolute atomic E-state index is 0.280. The minimum atomic E-state index is -4.94. The van der Waals surface area contributed by atoms with Gasteiger partial charge in [-0.15, -0.1) is 10.2 Å². The minimum Gasteiger partial charge on any atom is -0.478 e. The van der Waals surface area contributed by atoms with Crippen LogP contribution < -0.4 is 23.2 Å². The van der Waals surface area contributed by atoms with Crippen molar-refractivity contribution in [1.82, 2.24) is 0 Å². The molecule has 3 aromatic carbocycles. The molecule has 1 heterocycles. The van der Waals surface area contributed by atoms with Gasteiger partial charge in [-0.05, 0) is 24.3 Å². The maximum atomic E-state index is 11.8. The van der Waals surface area contributed by atoms with Crippen LogP contribution in [-0.2, 0) is 6.54 Å². The highest BCUT2D eigenvalue weighted by Gasteiger charge is 2.24. The van der Waals surface area contributed by atoms with Crippen molar-refractivity contribution in [2.45, 2.75) is 6.54 Å². The summed E-state index contributed by atoms with van der Waals surface area (Å²) in [6, 6.07) is 33.6. The maximum Gasteiger partial charge on any atom is 0.336 e. The van der Waals surface area contributed by atoms with Crippen molar-refractivity contribution in [2.75, 3.05) is 0 Å².